The molecular weight excluding hydrogens is 232 g/mol. The largest absolute Gasteiger partial charge is 0.481 e. The maximum absolute atomic E-state index is 10.5. The second-order valence-corrected chi connectivity index (χ2v) is 3.77. The van der Waals surface area contributed by atoms with Gasteiger partial charge in [-0.05, 0) is 16.3 Å². The van der Waals surface area contributed by atoms with E-state index in [0.29, 0.717) is 0 Å². The number of aliphatic carboxylic acids is 2. The normalized spacial score (nSPS) is 9.39. The van der Waals surface area contributed by atoms with Crippen molar-refractivity contribution in [1.82, 2.24) is 0 Å². The van der Waals surface area contributed by atoms with E-state index in [1.165, 1.54) is 0 Å². The summed E-state index contributed by atoms with van der Waals surface area (Å²) in [6.45, 7) is 1.08. The smallest absolute Gasteiger partial charge is 0.307 e. The summed E-state index contributed by atoms with van der Waals surface area (Å²) in [7, 11) is 0. The Bertz CT molecular complexity index is 556. The van der Waals surface area contributed by atoms with Crippen LogP contribution < -0.4 is 0 Å². The van der Waals surface area contributed by atoms with E-state index in [9.17, 15) is 4.79 Å². The van der Waals surface area contributed by atoms with Crippen LogP contribution in [0.15, 0.2) is 42.5 Å². The molecule has 0 heterocycles. The quantitative estimate of drug-likeness (QED) is 0.853. The zero-order valence-electron chi connectivity index (χ0n) is 9.96. The van der Waals surface area contributed by atoms with Crippen molar-refractivity contribution < 1.29 is 19.8 Å². The standard InChI is InChI=1S/C12H10O2.C2H4O2/c13-12(14)8-9-5-6-10-3-1-2-4-11(10)7-9;1-2(3)4/h1-7H,8H2,(H,13,14);1H3,(H,3,4). The molecule has 0 saturated heterocycles. The maximum atomic E-state index is 10.5. The molecule has 0 radical (unpaired) electrons. The van der Waals surface area contributed by atoms with Crippen LogP contribution in [-0.2, 0) is 16.0 Å². The van der Waals surface area contributed by atoms with E-state index in [-0.39, 0.29) is 6.42 Å². The lowest BCUT2D eigenvalue weighted by Gasteiger charge is -2.00. The first kappa shape index (κ1) is 13.7. The Balaban J connectivity index is 0.000000357. The summed E-state index contributed by atoms with van der Waals surface area (Å²) in [5, 5.41) is 18.3. The van der Waals surface area contributed by atoms with Crippen molar-refractivity contribution >= 4 is 22.7 Å². The monoisotopic (exact) mass is 246 g/mol. The van der Waals surface area contributed by atoms with Crippen LogP contribution in [0, 0.1) is 0 Å². The molecule has 0 aliphatic rings. The third-order valence-corrected chi connectivity index (χ3v) is 2.17. The molecule has 0 unspecified atom stereocenters. The molecule has 0 bridgehead atoms. The number of fused-ring (bicyclic) bond motifs is 1. The number of hydrogen-bond donors (Lipinski definition) is 2. The van der Waals surface area contributed by atoms with Gasteiger partial charge >= 0.3 is 5.97 Å². The minimum atomic E-state index is -0.833. The van der Waals surface area contributed by atoms with E-state index < -0.39 is 11.9 Å². The Labute approximate surface area is 104 Å². The van der Waals surface area contributed by atoms with Gasteiger partial charge in [-0.3, -0.25) is 9.59 Å². The molecular formula is C14H14O4. The number of carboxylic acid groups (broad SMARTS) is 2. The van der Waals surface area contributed by atoms with E-state index in [1.54, 1.807) is 0 Å². The molecule has 0 spiro atoms. The van der Waals surface area contributed by atoms with Crippen molar-refractivity contribution in [3.05, 3.63) is 48.0 Å². The molecule has 0 aromatic heterocycles. The molecule has 2 rings (SSSR count). The van der Waals surface area contributed by atoms with Crippen molar-refractivity contribution in [3.8, 4) is 0 Å². The lowest BCUT2D eigenvalue weighted by molar-refractivity contribution is -0.136. The van der Waals surface area contributed by atoms with Gasteiger partial charge in [-0.25, -0.2) is 0 Å². The zero-order valence-corrected chi connectivity index (χ0v) is 9.96. The molecule has 2 aromatic carbocycles. The van der Waals surface area contributed by atoms with E-state index in [1.807, 2.05) is 42.5 Å². The Hall–Kier alpha value is -2.36. The highest BCUT2D eigenvalue weighted by Gasteiger charge is 2.00. The van der Waals surface area contributed by atoms with Gasteiger partial charge < -0.3 is 10.2 Å². The van der Waals surface area contributed by atoms with Crippen LogP contribution in [-0.4, -0.2) is 22.2 Å². The topological polar surface area (TPSA) is 74.6 Å². The van der Waals surface area contributed by atoms with Gasteiger partial charge in [0.15, 0.2) is 0 Å². The fraction of sp³-hybridized carbons (Fsp3) is 0.143. The van der Waals surface area contributed by atoms with Gasteiger partial charge in [-0.1, -0.05) is 42.5 Å². The predicted molar refractivity (Wildman–Crippen MR) is 68.6 cm³/mol. The van der Waals surface area contributed by atoms with E-state index in [4.69, 9.17) is 15.0 Å². The van der Waals surface area contributed by atoms with Crippen molar-refractivity contribution in [2.75, 3.05) is 0 Å². The molecule has 94 valence electrons. The van der Waals surface area contributed by atoms with E-state index in [0.717, 1.165) is 23.3 Å². The second-order valence-electron chi connectivity index (χ2n) is 3.77. The number of hydrogen-bond acceptors (Lipinski definition) is 2. The molecule has 0 aliphatic heterocycles. The van der Waals surface area contributed by atoms with Gasteiger partial charge in [-0.2, -0.15) is 0 Å². The average Bonchev–Trinajstić information content (AvgIpc) is 2.27. The molecule has 0 aliphatic carbocycles. The predicted octanol–water partition coefficient (Wildman–Crippen LogP) is 2.56. The third-order valence-electron chi connectivity index (χ3n) is 2.17. The summed E-state index contributed by atoms with van der Waals surface area (Å²) in [4.78, 5) is 19.5. The second kappa shape index (κ2) is 6.39. The van der Waals surface area contributed by atoms with Crippen LogP contribution >= 0.6 is 0 Å². The molecule has 2 aromatic rings. The van der Waals surface area contributed by atoms with Crippen LogP contribution in [0.5, 0.6) is 0 Å². The molecule has 0 saturated carbocycles. The van der Waals surface area contributed by atoms with Crippen LogP contribution in [0.25, 0.3) is 10.8 Å². The molecule has 18 heavy (non-hydrogen) atoms. The highest BCUT2D eigenvalue weighted by atomic mass is 16.4. The first-order valence-corrected chi connectivity index (χ1v) is 5.38. The molecule has 0 atom stereocenters. The zero-order chi connectivity index (χ0) is 13.5. The molecule has 2 N–H and O–H groups in total. The van der Waals surface area contributed by atoms with Crippen LogP contribution in [0.3, 0.4) is 0 Å². The number of benzene rings is 2. The van der Waals surface area contributed by atoms with Crippen molar-refractivity contribution in [3.63, 3.8) is 0 Å². The van der Waals surface area contributed by atoms with Gasteiger partial charge in [0.05, 0.1) is 6.42 Å². The minimum Gasteiger partial charge on any atom is -0.481 e. The number of rotatable bonds is 2. The Kier molecular flexibility index (Phi) is 4.87. The average molecular weight is 246 g/mol. The lowest BCUT2D eigenvalue weighted by Crippen LogP contribution is -1.99. The van der Waals surface area contributed by atoms with E-state index in [2.05, 4.69) is 0 Å². The molecule has 4 heteroatoms. The van der Waals surface area contributed by atoms with Gasteiger partial charge in [0, 0.05) is 6.92 Å². The van der Waals surface area contributed by atoms with Gasteiger partial charge in [0.1, 0.15) is 0 Å². The summed E-state index contributed by atoms with van der Waals surface area (Å²) in [6, 6.07) is 13.7. The summed E-state index contributed by atoms with van der Waals surface area (Å²) in [5.41, 5.74) is 0.844. The molecule has 0 amide bonds. The highest BCUT2D eigenvalue weighted by molar-refractivity contribution is 5.84. The van der Waals surface area contributed by atoms with Crippen molar-refractivity contribution in [1.29, 1.82) is 0 Å². The van der Waals surface area contributed by atoms with Gasteiger partial charge in [-0.15, -0.1) is 0 Å². The third kappa shape index (κ3) is 4.65. The maximum Gasteiger partial charge on any atom is 0.307 e. The SMILES string of the molecule is CC(=O)O.O=C(O)Cc1ccc2ccccc2c1. The van der Waals surface area contributed by atoms with Crippen molar-refractivity contribution in [2.45, 2.75) is 13.3 Å². The Morgan fingerprint density at radius 2 is 1.56 bits per heavy atom. The highest BCUT2D eigenvalue weighted by Crippen LogP contribution is 2.15. The number of carbonyl (C=O) groups is 2. The van der Waals surface area contributed by atoms with Crippen molar-refractivity contribution in [2.24, 2.45) is 0 Å². The molecule has 4 nitrogen and oxygen atoms in total. The number of carboxylic acids is 2. The molecule has 0 fully saturated rings. The summed E-state index contributed by atoms with van der Waals surface area (Å²) in [6.07, 6.45) is 0.0881. The lowest BCUT2D eigenvalue weighted by atomic mass is 10.1. The summed E-state index contributed by atoms with van der Waals surface area (Å²) in [5.74, 6) is -1.62. The summed E-state index contributed by atoms with van der Waals surface area (Å²) < 4.78 is 0. The van der Waals surface area contributed by atoms with Crippen LogP contribution in [0.1, 0.15) is 12.5 Å². The van der Waals surface area contributed by atoms with Gasteiger partial charge in [0.2, 0.25) is 0 Å². The first-order valence-electron chi connectivity index (χ1n) is 5.38. The van der Waals surface area contributed by atoms with Crippen LogP contribution in [0.4, 0.5) is 0 Å². The Morgan fingerprint density at radius 3 is 2.11 bits per heavy atom. The van der Waals surface area contributed by atoms with Gasteiger partial charge in [0.25, 0.3) is 5.97 Å². The minimum absolute atomic E-state index is 0.0881. The fourth-order valence-corrected chi connectivity index (χ4v) is 1.52. The Morgan fingerprint density at radius 1 is 1.00 bits per heavy atom. The summed E-state index contributed by atoms with van der Waals surface area (Å²) >= 11 is 0. The van der Waals surface area contributed by atoms with Crippen LogP contribution in [0.2, 0.25) is 0 Å². The van der Waals surface area contributed by atoms with E-state index >= 15 is 0 Å². The fourth-order valence-electron chi connectivity index (χ4n) is 1.52. The first-order chi connectivity index (χ1) is 8.49.